The number of alkyl carbamates (subject to hydrolysis) is 1. The first-order valence-electron chi connectivity index (χ1n) is 11.5. The summed E-state index contributed by atoms with van der Waals surface area (Å²) in [6.07, 6.45) is 0.587. The molecular weight excluding hydrogens is 525 g/mol. The number of imidazole rings is 1. The van der Waals surface area contributed by atoms with E-state index in [2.05, 4.69) is 25.3 Å². The van der Waals surface area contributed by atoms with Crippen molar-refractivity contribution >= 4 is 34.6 Å². The summed E-state index contributed by atoms with van der Waals surface area (Å²) in [5, 5.41) is 4.81. The summed E-state index contributed by atoms with van der Waals surface area (Å²) in [7, 11) is 1.12. The zero-order valence-electron chi connectivity index (χ0n) is 20.6. The molecule has 0 aliphatic heterocycles. The van der Waals surface area contributed by atoms with Crippen molar-refractivity contribution < 1.29 is 37.0 Å². The first-order valence-corrected chi connectivity index (χ1v) is 11.5. The van der Waals surface area contributed by atoms with Crippen LogP contribution in [0.5, 0.6) is 5.75 Å². The maximum atomic E-state index is 13.9. The number of nitrogens with two attached hydrogens (primary N) is 1. The Balaban J connectivity index is 1.79. The van der Waals surface area contributed by atoms with Gasteiger partial charge >= 0.3 is 6.09 Å². The molecule has 2 heterocycles. The topological polar surface area (TPSA) is 170 Å². The van der Waals surface area contributed by atoms with Crippen LogP contribution in [0.4, 0.5) is 23.7 Å². The summed E-state index contributed by atoms with van der Waals surface area (Å²) in [4.78, 5) is 55.5. The number of ether oxygens (including phenoxy) is 2. The number of methoxy groups -OCH3 is 1. The number of pyridine rings is 1. The Bertz CT molecular complexity index is 1440. The second kappa shape index (κ2) is 13.1. The number of aromatic nitrogens is 3. The Labute approximate surface area is 219 Å². The molecule has 3 rings (SSSR count). The lowest BCUT2D eigenvalue weighted by Gasteiger charge is -2.17. The van der Waals surface area contributed by atoms with E-state index in [0.29, 0.717) is 0 Å². The van der Waals surface area contributed by atoms with Crippen LogP contribution in [0.3, 0.4) is 0 Å². The molecule has 12 nitrogen and oxygen atoms in total. The summed E-state index contributed by atoms with van der Waals surface area (Å²) < 4.78 is 49.7. The van der Waals surface area contributed by atoms with Gasteiger partial charge in [0.25, 0.3) is 12.0 Å². The van der Waals surface area contributed by atoms with Crippen LogP contribution in [-0.4, -0.2) is 58.6 Å². The summed E-state index contributed by atoms with van der Waals surface area (Å²) >= 11 is 0. The summed E-state index contributed by atoms with van der Waals surface area (Å²) in [5.74, 6) is -2.12. The molecule has 5 N–H and O–H groups in total. The standard InChI is InChI=1S/C24H25F3N6O6/c1-38-24(37)31-14(5-2-3-7-19(28)34)22(35)30-15-6-4-8-33(23(15)36)11-20-29-16-9-13(25)10-17(21(16)32-20)39-12-18(26)27/h3-4,6-10,14,18H,2,5,11-12H2,1H3,(H2,28,34)(H,29,32)(H,30,35)(H,31,37)/b7-3+. The molecule has 0 bridgehead atoms. The van der Waals surface area contributed by atoms with Crippen molar-refractivity contribution in [3.63, 3.8) is 0 Å². The van der Waals surface area contributed by atoms with E-state index in [1.807, 2.05) is 0 Å². The molecular formula is C24H25F3N6O6. The zero-order valence-corrected chi connectivity index (χ0v) is 20.6. The van der Waals surface area contributed by atoms with Crippen molar-refractivity contribution in [3.05, 3.63) is 64.6 Å². The summed E-state index contributed by atoms with van der Waals surface area (Å²) in [5.41, 5.74) is 4.57. The molecule has 0 spiro atoms. The van der Waals surface area contributed by atoms with Crippen molar-refractivity contribution in [1.82, 2.24) is 19.9 Å². The quantitative estimate of drug-likeness (QED) is 0.250. The maximum absolute atomic E-state index is 13.9. The highest BCUT2D eigenvalue weighted by Gasteiger charge is 2.22. The molecule has 0 aliphatic carbocycles. The first kappa shape index (κ1) is 28.7. The van der Waals surface area contributed by atoms with Crippen LogP contribution in [0.15, 0.2) is 47.4 Å². The van der Waals surface area contributed by atoms with Gasteiger partial charge in [-0.3, -0.25) is 14.4 Å². The fourth-order valence-electron chi connectivity index (χ4n) is 3.51. The second-order valence-corrected chi connectivity index (χ2v) is 8.10. The average molecular weight is 550 g/mol. The van der Waals surface area contributed by atoms with Gasteiger partial charge in [-0.25, -0.2) is 22.9 Å². The van der Waals surface area contributed by atoms with Crippen molar-refractivity contribution in [2.24, 2.45) is 5.73 Å². The number of fused-ring (bicyclic) bond motifs is 1. The third-order valence-corrected chi connectivity index (χ3v) is 5.23. The largest absolute Gasteiger partial charge is 0.485 e. The molecule has 208 valence electrons. The van der Waals surface area contributed by atoms with E-state index in [4.69, 9.17) is 10.5 Å². The van der Waals surface area contributed by atoms with E-state index < -0.39 is 48.4 Å². The van der Waals surface area contributed by atoms with Crippen molar-refractivity contribution in [2.45, 2.75) is 31.9 Å². The monoisotopic (exact) mass is 550 g/mol. The number of hydrogen-bond acceptors (Lipinski definition) is 7. The minimum absolute atomic E-state index is 0.0667. The number of amides is 3. The number of rotatable bonds is 12. The predicted molar refractivity (Wildman–Crippen MR) is 133 cm³/mol. The number of benzene rings is 1. The number of nitrogens with zero attached hydrogens (tertiary/aromatic N) is 2. The highest BCUT2D eigenvalue weighted by atomic mass is 19.3. The Morgan fingerprint density at radius 1 is 1.28 bits per heavy atom. The Morgan fingerprint density at radius 2 is 2.05 bits per heavy atom. The van der Waals surface area contributed by atoms with E-state index >= 15 is 0 Å². The number of carbonyl (C=O) groups is 3. The van der Waals surface area contributed by atoms with Crippen LogP contribution in [0.25, 0.3) is 11.0 Å². The van der Waals surface area contributed by atoms with E-state index in [1.165, 1.54) is 29.0 Å². The van der Waals surface area contributed by atoms with Gasteiger partial charge in [0.05, 0.1) is 19.2 Å². The van der Waals surface area contributed by atoms with Gasteiger partial charge in [0.15, 0.2) is 0 Å². The lowest BCUT2D eigenvalue weighted by atomic mass is 10.1. The maximum Gasteiger partial charge on any atom is 0.407 e. The fourth-order valence-corrected chi connectivity index (χ4v) is 3.51. The average Bonchev–Trinajstić information content (AvgIpc) is 3.28. The normalized spacial score (nSPS) is 12.0. The van der Waals surface area contributed by atoms with Crippen LogP contribution >= 0.6 is 0 Å². The number of hydrogen-bond donors (Lipinski definition) is 4. The minimum Gasteiger partial charge on any atom is -0.485 e. The number of H-pyrrole nitrogens is 1. The molecule has 1 aromatic carbocycles. The smallest absolute Gasteiger partial charge is 0.407 e. The lowest BCUT2D eigenvalue weighted by molar-refractivity contribution is -0.118. The first-order chi connectivity index (χ1) is 18.6. The number of aromatic amines is 1. The van der Waals surface area contributed by atoms with E-state index in [-0.39, 0.29) is 47.7 Å². The van der Waals surface area contributed by atoms with Crippen LogP contribution < -0.4 is 26.7 Å². The molecule has 3 amide bonds. The number of anilines is 1. The van der Waals surface area contributed by atoms with Crippen molar-refractivity contribution in [1.29, 1.82) is 0 Å². The highest BCUT2D eigenvalue weighted by Crippen LogP contribution is 2.26. The fraction of sp³-hybridized carbons (Fsp3) is 0.292. The van der Waals surface area contributed by atoms with E-state index in [1.54, 1.807) is 0 Å². The molecule has 3 aromatic rings. The lowest BCUT2D eigenvalue weighted by Crippen LogP contribution is -2.44. The molecule has 1 unspecified atom stereocenters. The molecule has 0 saturated heterocycles. The Hall–Kier alpha value is -4.82. The number of halogens is 3. The molecule has 2 aromatic heterocycles. The van der Waals surface area contributed by atoms with E-state index in [0.717, 1.165) is 25.3 Å². The molecule has 39 heavy (non-hydrogen) atoms. The number of primary amides is 1. The van der Waals surface area contributed by atoms with Crippen molar-refractivity contribution in [3.8, 4) is 5.75 Å². The second-order valence-electron chi connectivity index (χ2n) is 8.10. The number of nitrogens with one attached hydrogen (secondary N) is 3. The molecule has 0 aliphatic rings. The van der Waals surface area contributed by atoms with E-state index in [9.17, 15) is 32.3 Å². The van der Waals surface area contributed by atoms with Gasteiger partial charge in [-0.05, 0) is 37.1 Å². The van der Waals surface area contributed by atoms with Crippen LogP contribution in [0.2, 0.25) is 0 Å². The van der Waals surface area contributed by atoms with Crippen LogP contribution in [-0.2, 0) is 20.9 Å². The summed E-state index contributed by atoms with van der Waals surface area (Å²) in [6.45, 7) is -1.09. The zero-order chi connectivity index (χ0) is 28.5. The number of alkyl halides is 2. The van der Waals surface area contributed by atoms with Gasteiger partial charge in [-0.1, -0.05) is 6.08 Å². The van der Waals surface area contributed by atoms with Gasteiger partial charge in [0.1, 0.15) is 41.2 Å². The number of carbonyl (C=O) groups excluding carboxylic acids is 3. The van der Waals surface area contributed by atoms with Crippen LogP contribution in [0.1, 0.15) is 18.7 Å². The molecule has 15 heteroatoms. The molecule has 0 saturated carbocycles. The SMILES string of the molecule is COC(=O)NC(CC/C=C/C(N)=O)C(=O)Nc1cccn(Cc2nc3c(OCC(F)F)cc(F)cc3[nH]2)c1=O. The third-order valence-electron chi connectivity index (χ3n) is 5.23. The Kier molecular flexibility index (Phi) is 9.67. The van der Waals surface area contributed by atoms with Crippen molar-refractivity contribution in [2.75, 3.05) is 19.0 Å². The molecule has 0 radical (unpaired) electrons. The third kappa shape index (κ3) is 8.08. The molecule has 0 fully saturated rings. The van der Waals surface area contributed by atoms with Gasteiger partial charge in [0, 0.05) is 12.3 Å². The van der Waals surface area contributed by atoms with Gasteiger partial charge in [0.2, 0.25) is 11.8 Å². The molecule has 1 atom stereocenters. The van der Waals surface area contributed by atoms with Gasteiger partial charge in [-0.2, -0.15) is 0 Å². The van der Waals surface area contributed by atoms with Crippen LogP contribution in [0, 0.1) is 5.82 Å². The van der Waals surface area contributed by atoms with Gasteiger partial charge < -0.3 is 35.4 Å². The predicted octanol–water partition coefficient (Wildman–Crippen LogP) is 2.04. The minimum atomic E-state index is -2.77. The van der Waals surface area contributed by atoms with Gasteiger partial charge in [-0.15, -0.1) is 0 Å². The highest BCUT2D eigenvalue weighted by molar-refractivity contribution is 5.96. The number of allylic oxidation sites excluding steroid dienone is 1. The Morgan fingerprint density at radius 3 is 2.74 bits per heavy atom. The summed E-state index contributed by atoms with van der Waals surface area (Å²) in [6, 6.07) is 3.76.